The Morgan fingerprint density at radius 1 is 1.13 bits per heavy atom. The Balaban J connectivity index is 1.49. The molecule has 1 aliphatic heterocycles. The van der Waals surface area contributed by atoms with Crippen molar-refractivity contribution in [2.75, 3.05) is 10.2 Å². The van der Waals surface area contributed by atoms with Crippen molar-refractivity contribution in [2.45, 2.75) is 42.8 Å². The summed E-state index contributed by atoms with van der Waals surface area (Å²) in [6, 6.07) is 23.1. The van der Waals surface area contributed by atoms with Crippen molar-refractivity contribution in [3.8, 4) is 0 Å². The number of nitrogens with zero attached hydrogens (tertiary/aromatic N) is 2. The molecule has 0 aliphatic carbocycles. The van der Waals surface area contributed by atoms with Crippen molar-refractivity contribution in [3.05, 3.63) is 101 Å². The SMILES string of the molecule is Cc1ccc(Sc2ccc(C3C(c4ccccn4)NC(=S)N3c3ccc(NC(=O)C(C)C)c(Cl)c3)o2)cc1. The van der Waals surface area contributed by atoms with E-state index in [1.54, 1.807) is 24.0 Å². The molecule has 194 valence electrons. The number of aryl methyl sites for hydroxylation is 1. The van der Waals surface area contributed by atoms with E-state index in [1.165, 1.54) is 5.56 Å². The molecule has 3 heterocycles. The molecule has 1 amide bonds. The quantitative estimate of drug-likeness (QED) is 0.225. The van der Waals surface area contributed by atoms with Gasteiger partial charge in [-0.1, -0.05) is 61.0 Å². The summed E-state index contributed by atoms with van der Waals surface area (Å²) < 4.78 is 6.39. The second kappa shape index (κ2) is 11.2. The van der Waals surface area contributed by atoms with E-state index in [0.29, 0.717) is 15.8 Å². The monoisotopic (exact) mass is 562 g/mol. The Kier molecular flexibility index (Phi) is 7.74. The Morgan fingerprint density at radius 2 is 1.92 bits per heavy atom. The number of pyridine rings is 1. The molecule has 2 unspecified atom stereocenters. The zero-order valence-electron chi connectivity index (χ0n) is 21.1. The molecule has 38 heavy (non-hydrogen) atoms. The van der Waals surface area contributed by atoms with Crippen molar-refractivity contribution in [1.29, 1.82) is 0 Å². The van der Waals surface area contributed by atoms with Gasteiger partial charge in [0, 0.05) is 22.7 Å². The maximum Gasteiger partial charge on any atom is 0.226 e. The molecule has 1 aliphatic rings. The lowest BCUT2D eigenvalue weighted by Gasteiger charge is -2.26. The summed E-state index contributed by atoms with van der Waals surface area (Å²) in [4.78, 5) is 19.9. The van der Waals surface area contributed by atoms with Crippen molar-refractivity contribution >= 4 is 58.0 Å². The Hall–Kier alpha value is -3.33. The molecule has 2 aromatic carbocycles. The van der Waals surface area contributed by atoms with Gasteiger partial charge < -0.3 is 20.0 Å². The highest BCUT2D eigenvalue weighted by Crippen LogP contribution is 2.44. The van der Waals surface area contributed by atoms with Crippen LogP contribution in [-0.4, -0.2) is 16.0 Å². The van der Waals surface area contributed by atoms with Crippen LogP contribution in [0.1, 0.15) is 42.9 Å². The van der Waals surface area contributed by atoms with E-state index in [0.717, 1.165) is 27.1 Å². The predicted octanol–water partition coefficient (Wildman–Crippen LogP) is 7.56. The molecule has 0 radical (unpaired) electrons. The van der Waals surface area contributed by atoms with Gasteiger partial charge in [-0.25, -0.2) is 0 Å². The molecular weight excluding hydrogens is 536 g/mol. The Morgan fingerprint density at radius 3 is 2.61 bits per heavy atom. The molecule has 1 saturated heterocycles. The van der Waals surface area contributed by atoms with Gasteiger partial charge in [0.2, 0.25) is 5.91 Å². The van der Waals surface area contributed by atoms with Crippen LogP contribution in [0.2, 0.25) is 5.02 Å². The van der Waals surface area contributed by atoms with Crippen LogP contribution in [0, 0.1) is 12.8 Å². The molecule has 6 nitrogen and oxygen atoms in total. The van der Waals surface area contributed by atoms with Gasteiger partial charge in [-0.15, -0.1) is 0 Å². The molecule has 1 fully saturated rings. The number of benzene rings is 2. The first-order chi connectivity index (χ1) is 18.3. The summed E-state index contributed by atoms with van der Waals surface area (Å²) in [6.07, 6.45) is 1.77. The summed E-state index contributed by atoms with van der Waals surface area (Å²) >= 11 is 14.0. The zero-order valence-corrected chi connectivity index (χ0v) is 23.5. The molecular formula is C29H27ClN4O2S2. The van der Waals surface area contributed by atoms with Crippen LogP contribution in [0.4, 0.5) is 11.4 Å². The van der Waals surface area contributed by atoms with E-state index < -0.39 is 0 Å². The van der Waals surface area contributed by atoms with Crippen molar-refractivity contribution < 1.29 is 9.21 Å². The van der Waals surface area contributed by atoms with E-state index >= 15 is 0 Å². The molecule has 0 saturated carbocycles. The summed E-state index contributed by atoms with van der Waals surface area (Å²) in [5, 5.41) is 8.05. The highest BCUT2D eigenvalue weighted by Gasteiger charge is 2.42. The number of hydrogen-bond donors (Lipinski definition) is 2. The van der Waals surface area contributed by atoms with Crippen LogP contribution in [0.15, 0.2) is 93.4 Å². The number of anilines is 2. The third-order valence-corrected chi connectivity index (χ3v) is 7.80. The number of hydrogen-bond acceptors (Lipinski definition) is 5. The van der Waals surface area contributed by atoms with Crippen molar-refractivity contribution in [1.82, 2.24) is 10.3 Å². The third kappa shape index (κ3) is 5.57. The topological polar surface area (TPSA) is 70.4 Å². The number of furan rings is 1. The fourth-order valence-electron chi connectivity index (χ4n) is 4.22. The van der Waals surface area contributed by atoms with E-state index in [1.807, 2.05) is 61.2 Å². The number of amides is 1. The van der Waals surface area contributed by atoms with Crippen LogP contribution < -0.4 is 15.5 Å². The minimum absolute atomic E-state index is 0.0969. The van der Waals surface area contributed by atoms with Crippen LogP contribution >= 0.6 is 35.6 Å². The maximum atomic E-state index is 12.2. The minimum Gasteiger partial charge on any atom is -0.452 e. The maximum absolute atomic E-state index is 12.2. The lowest BCUT2D eigenvalue weighted by Crippen LogP contribution is -2.29. The van der Waals surface area contributed by atoms with Crippen molar-refractivity contribution in [2.24, 2.45) is 5.92 Å². The van der Waals surface area contributed by atoms with Gasteiger partial charge in [-0.3, -0.25) is 9.78 Å². The van der Waals surface area contributed by atoms with Crippen LogP contribution in [0.25, 0.3) is 0 Å². The van der Waals surface area contributed by atoms with Gasteiger partial charge in [-0.05, 0) is 73.7 Å². The number of carbonyl (C=O) groups excluding carboxylic acids is 1. The average Bonchev–Trinajstić information content (AvgIpc) is 3.51. The smallest absolute Gasteiger partial charge is 0.226 e. The summed E-state index contributed by atoms with van der Waals surface area (Å²) in [7, 11) is 0. The first-order valence-corrected chi connectivity index (χ1v) is 13.9. The summed E-state index contributed by atoms with van der Waals surface area (Å²) in [5.41, 5.74) is 3.39. The highest BCUT2D eigenvalue weighted by molar-refractivity contribution is 7.99. The van der Waals surface area contributed by atoms with Gasteiger partial charge in [0.25, 0.3) is 0 Å². The molecule has 2 N–H and O–H groups in total. The Bertz CT molecular complexity index is 1460. The molecule has 4 aromatic rings. The third-order valence-electron chi connectivity index (χ3n) is 6.24. The van der Waals surface area contributed by atoms with Gasteiger partial charge in [0.1, 0.15) is 11.8 Å². The molecule has 0 spiro atoms. The van der Waals surface area contributed by atoms with Gasteiger partial charge in [-0.2, -0.15) is 0 Å². The molecule has 2 aromatic heterocycles. The molecule has 0 bridgehead atoms. The summed E-state index contributed by atoms with van der Waals surface area (Å²) in [5.74, 6) is 0.492. The van der Waals surface area contributed by atoms with Gasteiger partial charge in [0.05, 0.1) is 22.4 Å². The predicted molar refractivity (Wildman–Crippen MR) is 157 cm³/mol. The molecule has 5 rings (SSSR count). The largest absolute Gasteiger partial charge is 0.452 e. The number of thiocarbonyl (C=S) groups is 1. The van der Waals surface area contributed by atoms with Gasteiger partial charge >= 0.3 is 0 Å². The van der Waals surface area contributed by atoms with Gasteiger partial charge in [0.15, 0.2) is 10.2 Å². The normalized spacial score (nSPS) is 17.1. The summed E-state index contributed by atoms with van der Waals surface area (Å²) in [6.45, 7) is 5.74. The van der Waals surface area contributed by atoms with Crippen molar-refractivity contribution in [3.63, 3.8) is 0 Å². The lowest BCUT2D eigenvalue weighted by molar-refractivity contribution is -0.118. The molecule has 9 heteroatoms. The number of halogens is 1. The lowest BCUT2D eigenvalue weighted by atomic mass is 10.0. The van der Waals surface area contributed by atoms with Crippen LogP contribution in [0.5, 0.6) is 0 Å². The standard InChI is InChI=1S/C29H27ClN4O2S2/c1-17(2)28(35)32-22-12-9-19(16-21(22)30)34-27(26(33-29(34)37)23-6-4-5-15-31-23)24-13-14-25(36-24)38-20-10-7-18(3)8-11-20/h4-17,26-27H,1-3H3,(H,32,35)(H,33,37). The van der Waals surface area contributed by atoms with E-state index in [4.69, 9.17) is 28.2 Å². The highest BCUT2D eigenvalue weighted by atomic mass is 35.5. The number of aromatic nitrogens is 1. The van der Waals surface area contributed by atoms with Crippen LogP contribution in [0.3, 0.4) is 0 Å². The minimum atomic E-state index is -0.308. The first-order valence-electron chi connectivity index (χ1n) is 12.3. The Labute approximate surface area is 236 Å². The average molecular weight is 563 g/mol. The van der Waals surface area contributed by atoms with E-state index in [9.17, 15) is 4.79 Å². The number of carbonyl (C=O) groups is 1. The fourth-order valence-corrected chi connectivity index (χ4v) is 5.57. The van der Waals surface area contributed by atoms with E-state index in [-0.39, 0.29) is 23.9 Å². The number of nitrogens with one attached hydrogen (secondary N) is 2. The van der Waals surface area contributed by atoms with Crippen LogP contribution in [-0.2, 0) is 4.79 Å². The van der Waals surface area contributed by atoms with E-state index in [2.05, 4.69) is 46.8 Å². The zero-order chi connectivity index (χ0) is 26.8. The fraction of sp³-hybridized carbons (Fsp3) is 0.207. The first kappa shape index (κ1) is 26.3. The molecule has 2 atom stereocenters. The second-order valence-corrected chi connectivity index (χ2v) is 11.2. The number of rotatable bonds is 7. The second-order valence-electron chi connectivity index (χ2n) is 9.38.